The van der Waals surface area contributed by atoms with Gasteiger partial charge in [0, 0.05) is 23.6 Å². The zero-order valence-electron chi connectivity index (χ0n) is 10.1. The highest BCUT2D eigenvalue weighted by Crippen LogP contribution is 2.33. The van der Waals surface area contributed by atoms with Gasteiger partial charge in [0.25, 0.3) is 0 Å². The maximum Gasteiger partial charge on any atom is 0.222 e. The second kappa shape index (κ2) is 4.90. The summed E-state index contributed by atoms with van der Waals surface area (Å²) in [6, 6.07) is 0. The van der Waals surface area contributed by atoms with Gasteiger partial charge in [0.15, 0.2) is 5.82 Å². The second-order valence-corrected chi connectivity index (χ2v) is 6.95. The Kier molecular flexibility index (Phi) is 3.68. The Labute approximate surface area is 111 Å². The molecule has 0 radical (unpaired) electrons. The number of anilines is 2. The van der Waals surface area contributed by atoms with Gasteiger partial charge >= 0.3 is 0 Å². The molecule has 0 spiro atoms. The first-order chi connectivity index (χ1) is 7.98. The average molecular weight is 273 g/mol. The van der Waals surface area contributed by atoms with E-state index in [0.717, 1.165) is 31.1 Å². The molecule has 4 nitrogen and oxygen atoms in total. The number of hydrogen-bond acceptors (Lipinski definition) is 5. The Morgan fingerprint density at radius 2 is 2.24 bits per heavy atom. The van der Waals surface area contributed by atoms with E-state index in [0.29, 0.717) is 9.77 Å². The second-order valence-electron chi connectivity index (χ2n) is 4.74. The molecule has 1 aromatic rings. The van der Waals surface area contributed by atoms with Crippen LogP contribution in [0, 0.1) is 0 Å². The third-order valence-corrected chi connectivity index (χ3v) is 4.52. The van der Waals surface area contributed by atoms with Crippen molar-refractivity contribution in [3.63, 3.8) is 0 Å². The number of thioether (sulfide) groups is 1. The quantitative estimate of drug-likeness (QED) is 0.851. The Balaban J connectivity index is 2.19. The summed E-state index contributed by atoms with van der Waals surface area (Å²) in [7, 11) is 0. The van der Waals surface area contributed by atoms with Crippen LogP contribution in [0.5, 0.6) is 0 Å². The van der Waals surface area contributed by atoms with Gasteiger partial charge in [0.2, 0.25) is 5.95 Å². The number of rotatable bonds is 1. The minimum Gasteiger partial charge on any atom is -0.368 e. The SMILES string of the molecule is CC1(C)CCN(c2nc(N)ncc2Cl)CCS1. The van der Waals surface area contributed by atoms with E-state index in [2.05, 4.69) is 28.7 Å². The van der Waals surface area contributed by atoms with Crippen molar-refractivity contribution in [3.8, 4) is 0 Å². The summed E-state index contributed by atoms with van der Waals surface area (Å²) in [5, 5.41) is 0.573. The van der Waals surface area contributed by atoms with Gasteiger partial charge in [-0.1, -0.05) is 25.4 Å². The Bertz CT molecular complexity index is 410. The highest BCUT2D eigenvalue weighted by atomic mass is 35.5. The zero-order valence-corrected chi connectivity index (χ0v) is 11.7. The van der Waals surface area contributed by atoms with Gasteiger partial charge in [-0.25, -0.2) is 4.98 Å². The standard InChI is InChI=1S/C11H17ClN4S/c1-11(2)3-4-16(5-6-17-11)9-8(12)7-14-10(13)15-9/h7H,3-6H2,1-2H3,(H2,13,14,15). The van der Waals surface area contributed by atoms with Gasteiger partial charge in [-0.2, -0.15) is 16.7 Å². The maximum absolute atomic E-state index is 6.12. The molecule has 1 fully saturated rings. The van der Waals surface area contributed by atoms with Gasteiger partial charge in [0.05, 0.1) is 6.20 Å². The number of halogens is 1. The van der Waals surface area contributed by atoms with Crippen molar-refractivity contribution in [3.05, 3.63) is 11.2 Å². The molecule has 0 bridgehead atoms. The number of nitrogens with zero attached hydrogens (tertiary/aromatic N) is 3. The normalized spacial score (nSPS) is 20.1. The lowest BCUT2D eigenvalue weighted by atomic mass is 10.1. The molecule has 2 heterocycles. The van der Waals surface area contributed by atoms with Gasteiger partial charge in [-0.05, 0) is 6.42 Å². The van der Waals surface area contributed by atoms with Crippen LogP contribution in [0.1, 0.15) is 20.3 Å². The Morgan fingerprint density at radius 1 is 1.47 bits per heavy atom. The van der Waals surface area contributed by atoms with Crippen LogP contribution in [-0.4, -0.2) is 33.6 Å². The van der Waals surface area contributed by atoms with Crippen molar-refractivity contribution < 1.29 is 0 Å². The van der Waals surface area contributed by atoms with E-state index in [9.17, 15) is 0 Å². The molecule has 0 aromatic carbocycles. The monoisotopic (exact) mass is 272 g/mol. The van der Waals surface area contributed by atoms with Crippen LogP contribution >= 0.6 is 23.4 Å². The highest BCUT2D eigenvalue weighted by Gasteiger charge is 2.25. The van der Waals surface area contributed by atoms with E-state index >= 15 is 0 Å². The van der Waals surface area contributed by atoms with Crippen LogP contribution < -0.4 is 10.6 Å². The molecule has 2 rings (SSSR count). The van der Waals surface area contributed by atoms with E-state index in [4.69, 9.17) is 17.3 Å². The summed E-state index contributed by atoms with van der Waals surface area (Å²) in [4.78, 5) is 10.3. The summed E-state index contributed by atoms with van der Waals surface area (Å²) in [5.41, 5.74) is 5.61. The topological polar surface area (TPSA) is 55.0 Å². The fourth-order valence-electron chi connectivity index (χ4n) is 1.83. The number of nitrogen functional groups attached to an aromatic ring is 1. The van der Waals surface area contributed by atoms with Crippen LogP contribution in [0.15, 0.2) is 6.20 Å². The lowest BCUT2D eigenvalue weighted by Gasteiger charge is -2.24. The van der Waals surface area contributed by atoms with Crippen LogP contribution in [0.4, 0.5) is 11.8 Å². The van der Waals surface area contributed by atoms with E-state index in [1.807, 2.05) is 11.8 Å². The van der Waals surface area contributed by atoms with E-state index in [1.54, 1.807) is 6.20 Å². The van der Waals surface area contributed by atoms with Crippen molar-refractivity contribution in [2.75, 3.05) is 29.5 Å². The summed E-state index contributed by atoms with van der Waals surface area (Å²) >= 11 is 8.12. The van der Waals surface area contributed by atoms with E-state index < -0.39 is 0 Å². The minimum absolute atomic E-state index is 0.278. The number of aromatic nitrogens is 2. The van der Waals surface area contributed by atoms with Crippen LogP contribution in [0.2, 0.25) is 5.02 Å². The van der Waals surface area contributed by atoms with Crippen LogP contribution in [0.25, 0.3) is 0 Å². The molecule has 0 amide bonds. The molecular weight excluding hydrogens is 256 g/mol. The summed E-state index contributed by atoms with van der Waals surface area (Å²) in [5.74, 6) is 2.12. The first kappa shape index (κ1) is 12.8. The lowest BCUT2D eigenvalue weighted by Crippen LogP contribution is -2.28. The van der Waals surface area contributed by atoms with Crippen LogP contribution in [0.3, 0.4) is 0 Å². The molecule has 1 aliphatic rings. The smallest absolute Gasteiger partial charge is 0.222 e. The van der Waals surface area contributed by atoms with Crippen LogP contribution in [-0.2, 0) is 0 Å². The first-order valence-electron chi connectivity index (χ1n) is 5.65. The Hall–Kier alpha value is -0.680. The third kappa shape index (κ3) is 3.16. The zero-order chi connectivity index (χ0) is 12.5. The maximum atomic E-state index is 6.12. The number of nitrogens with two attached hydrogens (primary N) is 1. The van der Waals surface area contributed by atoms with Crippen molar-refractivity contribution in [1.29, 1.82) is 0 Å². The molecule has 0 saturated carbocycles. The fraction of sp³-hybridized carbons (Fsp3) is 0.636. The Morgan fingerprint density at radius 3 is 3.00 bits per heavy atom. The average Bonchev–Trinajstić information content (AvgIpc) is 2.43. The molecule has 2 N–H and O–H groups in total. The summed E-state index contributed by atoms with van der Waals surface area (Å²) in [6.45, 7) is 6.45. The highest BCUT2D eigenvalue weighted by molar-refractivity contribution is 8.00. The molecule has 0 atom stereocenters. The molecular formula is C11H17ClN4S. The van der Waals surface area contributed by atoms with Gasteiger partial charge < -0.3 is 10.6 Å². The fourth-order valence-corrected chi connectivity index (χ4v) is 3.14. The predicted octanol–water partition coefficient (Wildman–Crippen LogP) is 2.43. The molecule has 0 aliphatic carbocycles. The predicted molar refractivity (Wildman–Crippen MR) is 74.8 cm³/mol. The van der Waals surface area contributed by atoms with Crippen molar-refractivity contribution >= 4 is 35.1 Å². The van der Waals surface area contributed by atoms with E-state index in [-0.39, 0.29) is 5.95 Å². The molecule has 0 unspecified atom stereocenters. The van der Waals surface area contributed by atoms with Gasteiger partial charge in [-0.3, -0.25) is 0 Å². The molecule has 1 aliphatic heterocycles. The van der Waals surface area contributed by atoms with Gasteiger partial charge in [0.1, 0.15) is 5.02 Å². The third-order valence-electron chi connectivity index (χ3n) is 2.88. The minimum atomic E-state index is 0.278. The molecule has 6 heteroatoms. The number of hydrogen-bond donors (Lipinski definition) is 1. The van der Waals surface area contributed by atoms with Crippen molar-refractivity contribution in [2.45, 2.75) is 25.0 Å². The first-order valence-corrected chi connectivity index (χ1v) is 7.01. The van der Waals surface area contributed by atoms with E-state index in [1.165, 1.54) is 0 Å². The molecule has 1 saturated heterocycles. The molecule has 17 heavy (non-hydrogen) atoms. The van der Waals surface area contributed by atoms with Crippen molar-refractivity contribution in [1.82, 2.24) is 9.97 Å². The lowest BCUT2D eigenvalue weighted by molar-refractivity contribution is 0.635. The molecule has 94 valence electrons. The van der Waals surface area contributed by atoms with Gasteiger partial charge in [-0.15, -0.1) is 0 Å². The molecule has 1 aromatic heterocycles. The largest absolute Gasteiger partial charge is 0.368 e. The van der Waals surface area contributed by atoms with Crippen molar-refractivity contribution in [2.24, 2.45) is 0 Å². The summed E-state index contributed by atoms with van der Waals surface area (Å²) < 4.78 is 0.319. The summed E-state index contributed by atoms with van der Waals surface area (Å²) in [6.07, 6.45) is 2.68.